The number of nitrogens with one attached hydrogen (secondary N) is 1. The molecule has 138 valence electrons. The fourth-order valence-electron chi connectivity index (χ4n) is 2.88. The minimum Gasteiger partial charge on any atom is -0.355 e. The van der Waals surface area contributed by atoms with Crippen molar-refractivity contribution in [2.45, 2.75) is 6.92 Å². The summed E-state index contributed by atoms with van der Waals surface area (Å²) in [5.74, 6) is 0.290. The summed E-state index contributed by atoms with van der Waals surface area (Å²) in [5.41, 5.74) is 3.16. The standard InChI is InChI=1S/C22H15ClN2O3/c1-13(26)14-4-9-18(10-5-14)24-22(27)16-6-11-20-19(12-16)21(28-25-20)15-2-7-17(23)8-3-15/h2-12H,1H3,(H,24,27). The largest absolute Gasteiger partial charge is 0.355 e. The number of halogens is 1. The topological polar surface area (TPSA) is 72.2 Å². The molecule has 1 heterocycles. The Morgan fingerprint density at radius 1 is 0.929 bits per heavy atom. The fraction of sp³-hybridized carbons (Fsp3) is 0.0455. The van der Waals surface area contributed by atoms with Crippen molar-refractivity contribution in [1.29, 1.82) is 0 Å². The number of fused-ring (bicyclic) bond motifs is 1. The van der Waals surface area contributed by atoms with E-state index in [4.69, 9.17) is 16.1 Å². The summed E-state index contributed by atoms with van der Waals surface area (Å²) >= 11 is 5.94. The number of carbonyl (C=O) groups is 2. The number of ketones is 1. The van der Waals surface area contributed by atoms with Crippen LogP contribution in [0.15, 0.2) is 71.3 Å². The highest BCUT2D eigenvalue weighted by molar-refractivity contribution is 6.30. The van der Waals surface area contributed by atoms with Gasteiger partial charge in [-0.25, -0.2) is 0 Å². The van der Waals surface area contributed by atoms with E-state index in [0.29, 0.717) is 33.1 Å². The second-order valence-corrected chi connectivity index (χ2v) is 6.77. The average molecular weight is 391 g/mol. The quantitative estimate of drug-likeness (QED) is 0.460. The second kappa shape index (κ2) is 7.29. The van der Waals surface area contributed by atoms with Gasteiger partial charge < -0.3 is 9.84 Å². The Morgan fingerprint density at radius 3 is 2.29 bits per heavy atom. The smallest absolute Gasteiger partial charge is 0.255 e. The molecule has 4 rings (SSSR count). The number of nitrogens with zero attached hydrogens (tertiary/aromatic N) is 1. The van der Waals surface area contributed by atoms with Crippen molar-refractivity contribution in [1.82, 2.24) is 5.16 Å². The monoisotopic (exact) mass is 390 g/mol. The van der Waals surface area contributed by atoms with E-state index in [1.807, 2.05) is 12.1 Å². The van der Waals surface area contributed by atoms with Crippen molar-refractivity contribution in [2.24, 2.45) is 0 Å². The van der Waals surface area contributed by atoms with Crippen molar-refractivity contribution in [3.63, 3.8) is 0 Å². The minimum atomic E-state index is -0.263. The number of amides is 1. The van der Waals surface area contributed by atoms with E-state index in [9.17, 15) is 9.59 Å². The molecule has 0 saturated carbocycles. The van der Waals surface area contributed by atoms with Crippen LogP contribution in [0, 0.1) is 0 Å². The minimum absolute atomic E-state index is 0.0227. The predicted octanol–water partition coefficient (Wildman–Crippen LogP) is 5.60. The first-order valence-electron chi connectivity index (χ1n) is 8.59. The van der Waals surface area contributed by atoms with Crippen molar-refractivity contribution in [3.05, 3.63) is 82.9 Å². The molecule has 1 N–H and O–H groups in total. The zero-order chi connectivity index (χ0) is 19.7. The van der Waals surface area contributed by atoms with Gasteiger partial charge in [-0.1, -0.05) is 16.8 Å². The lowest BCUT2D eigenvalue weighted by Gasteiger charge is -2.06. The van der Waals surface area contributed by atoms with Crippen LogP contribution in [0.1, 0.15) is 27.6 Å². The van der Waals surface area contributed by atoms with Gasteiger partial charge in [-0.15, -0.1) is 0 Å². The van der Waals surface area contributed by atoms with Gasteiger partial charge in [0.15, 0.2) is 11.5 Å². The molecule has 1 amide bonds. The lowest BCUT2D eigenvalue weighted by Crippen LogP contribution is -2.11. The van der Waals surface area contributed by atoms with Crippen LogP contribution >= 0.6 is 11.6 Å². The molecule has 0 aliphatic rings. The molecule has 3 aromatic carbocycles. The highest BCUT2D eigenvalue weighted by Gasteiger charge is 2.14. The van der Waals surface area contributed by atoms with Crippen LogP contribution in [-0.4, -0.2) is 16.8 Å². The zero-order valence-electron chi connectivity index (χ0n) is 14.9. The van der Waals surface area contributed by atoms with Crippen LogP contribution in [0.2, 0.25) is 5.02 Å². The number of hydrogen-bond acceptors (Lipinski definition) is 4. The molecule has 0 saturated heterocycles. The predicted molar refractivity (Wildman–Crippen MR) is 109 cm³/mol. The Bertz CT molecular complexity index is 1180. The van der Waals surface area contributed by atoms with Gasteiger partial charge in [0.25, 0.3) is 5.91 Å². The highest BCUT2D eigenvalue weighted by atomic mass is 35.5. The number of aromatic nitrogens is 1. The number of Topliss-reactive ketones (excluding diaryl/α,β-unsaturated/α-hetero) is 1. The summed E-state index contributed by atoms with van der Waals surface area (Å²) in [7, 11) is 0. The van der Waals surface area contributed by atoms with E-state index in [2.05, 4.69) is 10.5 Å². The third-order valence-corrected chi connectivity index (χ3v) is 4.65. The molecule has 4 aromatic rings. The summed E-state index contributed by atoms with van der Waals surface area (Å²) in [6.07, 6.45) is 0. The average Bonchev–Trinajstić information content (AvgIpc) is 3.12. The lowest BCUT2D eigenvalue weighted by atomic mass is 10.1. The van der Waals surface area contributed by atoms with Gasteiger partial charge in [0.1, 0.15) is 5.52 Å². The fourth-order valence-corrected chi connectivity index (χ4v) is 3.01. The molecule has 1 aromatic heterocycles. The third kappa shape index (κ3) is 3.52. The van der Waals surface area contributed by atoms with Crippen molar-refractivity contribution in [2.75, 3.05) is 5.32 Å². The van der Waals surface area contributed by atoms with E-state index in [0.717, 1.165) is 10.9 Å². The van der Waals surface area contributed by atoms with Gasteiger partial charge in [0.2, 0.25) is 0 Å². The lowest BCUT2D eigenvalue weighted by molar-refractivity contribution is 0.101. The number of hydrogen-bond donors (Lipinski definition) is 1. The molecule has 0 radical (unpaired) electrons. The normalized spacial score (nSPS) is 10.8. The van der Waals surface area contributed by atoms with Gasteiger partial charge in [-0.3, -0.25) is 9.59 Å². The Morgan fingerprint density at radius 2 is 1.61 bits per heavy atom. The summed E-state index contributed by atoms with van der Waals surface area (Å²) in [6, 6.07) is 19.2. The third-order valence-electron chi connectivity index (χ3n) is 4.39. The van der Waals surface area contributed by atoms with Crippen molar-refractivity contribution >= 4 is 39.9 Å². The molecule has 0 spiro atoms. The molecule has 0 atom stereocenters. The van der Waals surface area contributed by atoms with E-state index < -0.39 is 0 Å². The number of carbonyl (C=O) groups excluding carboxylic acids is 2. The van der Waals surface area contributed by atoms with E-state index >= 15 is 0 Å². The Labute approximate surface area is 165 Å². The molecule has 6 heteroatoms. The number of rotatable bonds is 4. The molecule has 0 fully saturated rings. The summed E-state index contributed by atoms with van der Waals surface area (Å²) in [4.78, 5) is 24.0. The molecule has 28 heavy (non-hydrogen) atoms. The van der Waals surface area contributed by atoms with Gasteiger partial charge in [0.05, 0.1) is 5.39 Å². The maximum atomic E-state index is 12.6. The van der Waals surface area contributed by atoms with Crippen LogP contribution < -0.4 is 5.32 Å². The van der Waals surface area contributed by atoms with Crippen LogP contribution in [0.3, 0.4) is 0 Å². The van der Waals surface area contributed by atoms with Crippen LogP contribution in [0.25, 0.3) is 22.2 Å². The molecule has 0 aliphatic heterocycles. The van der Waals surface area contributed by atoms with E-state index in [1.165, 1.54) is 6.92 Å². The molecular weight excluding hydrogens is 376 g/mol. The highest BCUT2D eigenvalue weighted by Crippen LogP contribution is 2.30. The van der Waals surface area contributed by atoms with Crippen LogP contribution in [-0.2, 0) is 0 Å². The first-order chi connectivity index (χ1) is 13.5. The zero-order valence-corrected chi connectivity index (χ0v) is 15.7. The van der Waals surface area contributed by atoms with Crippen molar-refractivity contribution in [3.8, 4) is 11.3 Å². The summed E-state index contributed by atoms with van der Waals surface area (Å²) < 4.78 is 5.47. The molecule has 5 nitrogen and oxygen atoms in total. The molecule has 0 bridgehead atoms. The van der Waals surface area contributed by atoms with Crippen molar-refractivity contribution < 1.29 is 14.1 Å². The number of anilines is 1. The first-order valence-corrected chi connectivity index (χ1v) is 8.97. The van der Waals surface area contributed by atoms with Crippen LogP contribution in [0.4, 0.5) is 5.69 Å². The Hall–Kier alpha value is -3.44. The van der Waals surface area contributed by atoms with Gasteiger partial charge >= 0.3 is 0 Å². The summed E-state index contributed by atoms with van der Waals surface area (Å²) in [6.45, 7) is 1.50. The Balaban J connectivity index is 1.63. The van der Waals surface area contributed by atoms with Gasteiger partial charge in [0, 0.05) is 27.4 Å². The van der Waals surface area contributed by atoms with E-state index in [-0.39, 0.29) is 11.7 Å². The first kappa shape index (κ1) is 17.9. The number of benzene rings is 3. The van der Waals surface area contributed by atoms with E-state index in [1.54, 1.807) is 54.6 Å². The second-order valence-electron chi connectivity index (χ2n) is 6.34. The molecule has 0 aliphatic carbocycles. The van der Waals surface area contributed by atoms with Gasteiger partial charge in [-0.05, 0) is 73.7 Å². The molecular formula is C22H15ClN2O3. The van der Waals surface area contributed by atoms with Crippen LogP contribution in [0.5, 0.6) is 0 Å². The Kier molecular flexibility index (Phi) is 4.67. The maximum absolute atomic E-state index is 12.6. The SMILES string of the molecule is CC(=O)c1ccc(NC(=O)c2ccc3noc(-c4ccc(Cl)cc4)c3c2)cc1. The van der Waals surface area contributed by atoms with Gasteiger partial charge in [-0.2, -0.15) is 0 Å². The molecule has 0 unspecified atom stereocenters. The summed E-state index contributed by atoms with van der Waals surface area (Å²) in [5, 5.41) is 8.25. The maximum Gasteiger partial charge on any atom is 0.255 e.